The quantitative estimate of drug-likeness (QED) is 0.760. The monoisotopic (exact) mass is 233 g/mol. The third-order valence-corrected chi connectivity index (χ3v) is 3.39. The van der Waals surface area contributed by atoms with Crippen molar-refractivity contribution in [3.63, 3.8) is 0 Å². The van der Waals surface area contributed by atoms with Gasteiger partial charge in [0.1, 0.15) is 5.82 Å². The summed E-state index contributed by atoms with van der Waals surface area (Å²) in [6.45, 7) is 3.30. The molecule has 0 aliphatic heterocycles. The second kappa shape index (κ2) is 6.01. The van der Waals surface area contributed by atoms with E-state index in [0.29, 0.717) is 11.9 Å². The summed E-state index contributed by atoms with van der Waals surface area (Å²) in [7, 11) is 0. The molecular weight excluding hydrogens is 210 g/mol. The molecule has 0 amide bonds. The molecular formula is C14H23N3. The van der Waals surface area contributed by atoms with E-state index in [1.165, 1.54) is 31.2 Å². The van der Waals surface area contributed by atoms with Gasteiger partial charge >= 0.3 is 0 Å². The van der Waals surface area contributed by atoms with Crippen LogP contribution in [0.5, 0.6) is 0 Å². The maximum atomic E-state index is 5.91. The Labute approximate surface area is 104 Å². The Morgan fingerprint density at radius 2 is 2.35 bits per heavy atom. The van der Waals surface area contributed by atoms with Gasteiger partial charge in [0, 0.05) is 12.2 Å². The Kier molecular flexibility index (Phi) is 4.37. The van der Waals surface area contributed by atoms with Crippen molar-refractivity contribution in [2.45, 2.75) is 45.1 Å². The molecule has 17 heavy (non-hydrogen) atoms. The zero-order valence-corrected chi connectivity index (χ0v) is 10.7. The van der Waals surface area contributed by atoms with Crippen LogP contribution in [-0.4, -0.2) is 17.6 Å². The second-order valence-corrected chi connectivity index (χ2v) is 5.08. The first-order valence-electron chi connectivity index (χ1n) is 6.72. The SMILES string of the molecule is CCCNC(Cc1cccnc1N)CC1CC1. The molecule has 3 N–H and O–H groups in total. The molecule has 1 aromatic heterocycles. The smallest absolute Gasteiger partial charge is 0.126 e. The lowest BCUT2D eigenvalue weighted by atomic mass is 10.0. The van der Waals surface area contributed by atoms with E-state index in [9.17, 15) is 0 Å². The average molecular weight is 233 g/mol. The van der Waals surface area contributed by atoms with Crippen molar-refractivity contribution in [3.05, 3.63) is 23.9 Å². The van der Waals surface area contributed by atoms with E-state index in [1.54, 1.807) is 6.20 Å². The molecule has 0 spiro atoms. The van der Waals surface area contributed by atoms with Crippen LogP contribution in [0.4, 0.5) is 5.82 Å². The first kappa shape index (κ1) is 12.4. The molecule has 1 saturated carbocycles. The van der Waals surface area contributed by atoms with Gasteiger partial charge in [0.05, 0.1) is 0 Å². The van der Waals surface area contributed by atoms with E-state index in [1.807, 2.05) is 6.07 Å². The second-order valence-electron chi connectivity index (χ2n) is 5.08. The zero-order chi connectivity index (χ0) is 12.1. The van der Waals surface area contributed by atoms with Crippen LogP contribution in [0.3, 0.4) is 0 Å². The number of nitrogens with one attached hydrogen (secondary N) is 1. The molecule has 2 rings (SSSR count). The summed E-state index contributed by atoms with van der Waals surface area (Å²) in [6.07, 6.45) is 8.06. The van der Waals surface area contributed by atoms with Gasteiger partial charge in [0.15, 0.2) is 0 Å². The minimum Gasteiger partial charge on any atom is -0.383 e. The van der Waals surface area contributed by atoms with Gasteiger partial charge in [0.25, 0.3) is 0 Å². The maximum absolute atomic E-state index is 5.91. The van der Waals surface area contributed by atoms with Gasteiger partial charge in [-0.1, -0.05) is 25.8 Å². The lowest BCUT2D eigenvalue weighted by Gasteiger charge is -2.19. The molecule has 94 valence electrons. The van der Waals surface area contributed by atoms with E-state index in [2.05, 4.69) is 23.3 Å². The molecule has 3 nitrogen and oxygen atoms in total. The van der Waals surface area contributed by atoms with Crippen molar-refractivity contribution >= 4 is 5.82 Å². The molecule has 1 aliphatic rings. The summed E-state index contributed by atoms with van der Waals surface area (Å²) in [5.74, 6) is 1.63. The third-order valence-electron chi connectivity index (χ3n) is 3.39. The number of nitrogens with zero attached hydrogens (tertiary/aromatic N) is 1. The van der Waals surface area contributed by atoms with Crippen LogP contribution in [-0.2, 0) is 6.42 Å². The molecule has 0 saturated heterocycles. The highest BCUT2D eigenvalue weighted by atomic mass is 14.9. The molecule has 0 aromatic carbocycles. The summed E-state index contributed by atoms with van der Waals surface area (Å²) in [5, 5.41) is 3.63. The largest absolute Gasteiger partial charge is 0.383 e. The van der Waals surface area contributed by atoms with Crippen molar-refractivity contribution in [2.75, 3.05) is 12.3 Å². The highest BCUT2D eigenvalue weighted by molar-refractivity contribution is 5.38. The first-order chi connectivity index (χ1) is 8.29. The highest BCUT2D eigenvalue weighted by Crippen LogP contribution is 2.34. The predicted molar refractivity (Wildman–Crippen MR) is 71.8 cm³/mol. The summed E-state index contributed by atoms with van der Waals surface area (Å²) in [6, 6.07) is 4.63. The van der Waals surface area contributed by atoms with E-state index in [-0.39, 0.29) is 0 Å². The fraction of sp³-hybridized carbons (Fsp3) is 0.643. The lowest BCUT2D eigenvalue weighted by molar-refractivity contribution is 0.455. The van der Waals surface area contributed by atoms with Crippen LogP contribution in [0.15, 0.2) is 18.3 Å². The van der Waals surface area contributed by atoms with E-state index >= 15 is 0 Å². The number of pyridine rings is 1. The maximum Gasteiger partial charge on any atom is 0.126 e. The van der Waals surface area contributed by atoms with Crippen molar-refractivity contribution < 1.29 is 0 Å². The fourth-order valence-corrected chi connectivity index (χ4v) is 2.23. The molecule has 1 atom stereocenters. The molecule has 0 bridgehead atoms. The summed E-state index contributed by atoms with van der Waals surface area (Å²) >= 11 is 0. The molecule has 1 aromatic rings. The van der Waals surface area contributed by atoms with Crippen LogP contribution in [0.2, 0.25) is 0 Å². The Morgan fingerprint density at radius 3 is 3.00 bits per heavy atom. The number of nitrogens with two attached hydrogens (primary N) is 1. The van der Waals surface area contributed by atoms with Gasteiger partial charge in [-0.05, 0) is 43.4 Å². The Bertz CT molecular complexity index is 347. The molecule has 1 aliphatic carbocycles. The molecule has 0 radical (unpaired) electrons. The molecule has 3 heteroatoms. The van der Waals surface area contributed by atoms with Gasteiger partial charge in [-0.3, -0.25) is 0 Å². The first-order valence-corrected chi connectivity index (χ1v) is 6.72. The lowest BCUT2D eigenvalue weighted by Crippen LogP contribution is -2.32. The van der Waals surface area contributed by atoms with Crippen LogP contribution >= 0.6 is 0 Å². The van der Waals surface area contributed by atoms with Gasteiger partial charge in [-0.25, -0.2) is 4.98 Å². The van der Waals surface area contributed by atoms with E-state index in [4.69, 9.17) is 5.73 Å². The number of hydrogen-bond donors (Lipinski definition) is 2. The topological polar surface area (TPSA) is 50.9 Å². The number of aromatic nitrogens is 1. The Hall–Kier alpha value is -1.09. The number of anilines is 1. The van der Waals surface area contributed by atoms with Crippen LogP contribution in [0.25, 0.3) is 0 Å². The minimum atomic E-state index is 0.564. The van der Waals surface area contributed by atoms with E-state index in [0.717, 1.165) is 18.9 Å². The van der Waals surface area contributed by atoms with Gasteiger partial charge in [0.2, 0.25) is 0 Å². The van der Waals surface area contributed by atoms with Crippen LogP contribution in [0.1, 0.15) is 38.2 Å². The average Bonchev–Trinajstić information content (AvgIpc) is 3.13. The van der Waals surface area contributed by atoms with Crippen molar-refractivity contribution in [1.29, 1.82) is 0 Å². The molecule has 1 heterocycles. The summed E-state index contributed by atoms with van der Waals surface area (Å²) < 4.78 is 0. The van der Waals surface area contributed by atoms with Crippen molar-refractivity contribution in [2.24, 2.45) is 5.92 Å². The molecule has 1 unspecified atom stereocenters. The Morgan fingerprint density at radius 1 is 1.53 bits per heavy atom. The van der Waals surface area contributed by atoms with Crippen LogP contribution < -0.4 is 11.1 Å². The third kappa shape index (κ3) is 4.00. The normalized spacial score (nSPS) is 17.0. The fourth-order valence-electron chi connectivity index (χ4n) is 2.23. The Balaban J connectivity index is 1.92. The molecule has 1 fully saturated rings. The number of nitrogen functional groups attached to an aromatic ring is 1. The highest BCUT2D eigenvalue weighted by Gasteiger charge is 2.25. The van der Waals surface area contributed by atoms with E-state index < -0.39 is 0 Å². The predicted octanol–water partition coefficient (Wildman–Crippen LogP) is 2.37. The zero-order valence-electron chi connectivity index (χ0n) is 10.7. The summed E-state index contributed by atoms with van der Waals surface area (Å²) in [5.41, 5.74) is 7.09. The minimum absolute atomic E-state index is 0.564. The van der Waals surface area contributed by atoms with Gasteiger partial charge < -0.3 is 11.1 Å². The van der Waals surface area contributed by atoms with Crippen molar-refractivity contribution in [3.8, 4) is 0 Å². The van der Waals surface area contributed by atoms with Crippen molar-refractivity contribution in [1.82, 2.24) is 10.3 Å². The van der Waals surface area contributed by atoms with Crippen LogP contribution in [0, 0.1) is 5.92 Å². The number of rotatable bonds is 7. The summed E-state index contributed by atoms with van der Waals surface area (Å²) in [4.78, 5) is 4.16. The van der Waals surface area contributed by atoms with Gasteiger partial charge in [-0.2, -0.15) is 0 Å². The number of hydrogen-bond acceptors (Lipinski definition) is 3. The standard InChI is InChI=1S/C14H23N3/c1-2-7-16-13(9-11-5-6-11)10-12-4-3-8-17-14(12)15/h3-4,8,11,13,16H,2,5-7,9-10H2,1H3,(H2,15,17). The van der Waals surface area contributed by atoms with Gasteiger partial charge in [-0.15, -0.1) is 0 Å².